The molecule has 0 aliphatic carbocycles. The van der Waals surface area contributed by atoms with Crippen molar-refractivity contribution in [1.82, 2.24) is 29.3 Å². The van der Waals surface area contributed by atoms with Crippen LogP contribution in [0.1, 0.15) is 33.1 Å². The van der Waals surface area contributed by atoms with Gasteiger partial charge >= 0.3 is 0 Å². The fraction of sp³-hybridized carbons (Fsp3) is 0.737. The number of methoxy groups -OCH3 is 1. The van der Waals surface area contributed by atoms with Crippen LogP contribution in [0.3, 0.4) is 0 Å². The van der Waals surface area contributed by atoms with E-state index in [1.165, 1.54) is 0 Å². The SMILES string of the molecule is CCCCNc1nc(N)c2nc(OC)n(CCCN3CCN(CC)CC3)c2n1. The van der Waals surface area contributed by atoms with Crippen LogP contribution in [-0.2, 0) is 6.54 Å². The molecule has 1 aliphatic heterocycles. The van der Waals surface area contributed by atoms with Crippen molar-refractivity contribution in [2.24, 2.45) is 0 Å². The lowest BCUT2D eigenvalue weighted by Crippen LogP contribution is -2.46. The maximum Gasteiger partial charge on any atom is 0.298 e. The number of likely N-dealkylation sites (N-methyl/N-ethyl adjacent to an activating group) is 1. The summed E-state index contributed by atoms with van der Waals surface area (Å²) in [5.74, 6) is 0.940. The van der Waals surface area contributed by atoms with E-state index in [0.717, 1.165) is 77.3 Å². The molecule has 1 fully saturated rings. The minimum absolute atomic E-state index is 0.386. The van der Waals surface area contributed by atoms with Crippen molar-refractivity contribution >= 4 is 22.9 Å². The fourth-order valence-electron chi connectivity index (χ4n) is 3.60. The Morgan fingerprint density at radius 3 is 2.43 bits per heavy atom. The molecule has 1 saturated heterocycles. The molecular formula is C19H34N8O. The Morgan fingerprint density at radius 1 is 1.00 bits per heavy atom. The lowest BCUT2D eigenvalue weighted by molar-refractivity contribution is 0.135. The molecule has 0 bridgehead atoms. The van der Waals surface area contributed by atoms with E-state index in [2.05, 4.69) is 43.9 Å². The molecule has 0 saturated carbocycles. The Bertz CT molecular complexity index is 754. The zero-order valence-electron chi connectivity index (χ0n) is 17.4. The van der Waals surface area contributed by atoms with Crippen LogP contribution in [0.4, 0.5) is 11.8 Å². The lowest BCUT2D eigenvalue weighted by atomic mass is 10.3. The minimum Gasteiger partial charge on any atom is -0.468 e. The highest BCUT2D eigenvalue weighted by Crippen LogP contribution is 2.25. The number of nitrogen functional groups attached to an aromatic ring is 1. The van der Waals surface area contributed by atoms with Crippen LogP contribution in [0, 0.1) is 0 Å². The highest BCUT2D eigenvalue weighted by Gasteiger charge is 2.19. The van der Waals surface area contributed by atoms with Crippen LogP contribution < -0.4 is 15.8 Å². The van der Waals surface area contributed by atoms with Gasteiger partial charge in [0.1, 0.15) is 0 Å². The van der Waals surface area contributed by atoms with Crippen molar-refractivity contribution in [3.63, 3.8) is 0 Å². The summed E-state index contributed by atoms with van der Waals surface area (Å²) in [7, 11) is 1.63. The van der Waals surface area contributed by atoms with Gasteiger partial charge in [-0.3, -0.25) is 4.57 Å². The highest BCUT2D eigenvalue weighted by atomic mass is 16.5. The third kappa shape index (κ3) is 4.82. The summed E-state index contributed by atoms with van der Waals surface area (Å²) >= 11 is 0. The number of fused-ring (bicyclic) bond motifs is 1. The quantitative estimate of drug-likeness (QED) is 0.591. The summed E-state index contributed by atoms with van der Waals surface area (Å²) in [6.45, 7) is 12.8. The number of piperazine rings is 1. The molecule has 0 aromatic carbocycles. The fourth-order valence-corrected chi connectivity index (χ4v) is 3.60. The Labute approximate surface area is 167 Å². The number of imidazole rings is 1. The molecular weight excluding hydrogens is 356 g/mol. The molecule has 28 heavy (non-hydrogen) atoms. The molecule has 156 valence electrons. The van der Waals surface area contributed by atoms with E-state index in [9.17, 15) is 0 Å². The second-order valence-electron chi connectivity index (χ2n) is 7.26. The highest BCUT2D eigenvalue weighted by molar-refractivity contribution is 5.84. The zero-order valence-corrected chi connectivity index (χ0v) is 17.4. The van der Waals surface area contributed by atoms with Gasteiger partial charge in [-0.05, 0) is 25.9 Å². The van der Waals surface area contributed by atoms with E-state index in [1.807, 2.05) is 4.57 Å². The van der Waals surface area contributed by atoms with Gasteiger partial charge in [0, 0.05) is 39.3 Å². The van der Waals surface area contributed by atoms with Gasteiger partial charge in [-0.1, -0.05) is 20.3 Å². The third-order valence-electron chi connectivity index (χ3n) is 5.35. The van der Waals surface area contributed by atoms with Crippen molar-refractivity contribution in [2.45, 2.75) is 39.7 Å². The van der Waals surface area contributed by atoms with Crippen LogP contribution in [-0.4, -0.2) is 82.2 Å². The van der Waals surface area contributed by atoms with Gasteiger partial charge in [0.15, 0.2) is 17.0 Å². The number of nitrogens with zero attached hydrogens (tertiary/aromatic N) is 6. The zero-order chi connectivity index (χ0) is 19.9. The number of nitrogens with two attached hydrogens (primary N) is 1. The van der Waals surface area contributed by atoms with Crippen molar-refractivity contribution in [3.05, 3.63) is 0 Å². The molecule has 0 amide bonds. The first-order valence-electron chi connectivity index (χ1n) is 10.4. The lowest BCUT2D eigenvalue weighted by Gasteiger charge is -2.34. The molecule has 0 radical (unpaired) electrons. The molecule has 2 aromatic rings. The average Bonchev–Trinajstić information content (AvgIpc) is 3.07. The van der Waals surface area contributed by atoms with E-state index in [4.69, 9.17) is 10.5 Å². The predicted molar refractivity (Wildman–Crippen MR) is 113 cm³/mol. The second kappa shape index (κ2) is 9.88. The Kier molecular flexibility index (Phi) is 7.27. The van der Waals surface area contributed by atoms with Crippen molar-refractivity contribution in [2.75, 3.05) is 64.0 Å². The van der Waals surface area contributed by atoms with E-state index in [-0.39, 0.29) is 0 Å². The number of aryl methyl sites for hydroxylation is 1. The van der Waals surface area contributed by atoms with E-state index in [0.29, 0.717) is 23.3 Å². The maximum absolute atomic E-state index is 6.13. The molecule has 3 heterocycles. The molecule has 0 atom stereocenters. The molecule has 0 spiro atoms. The summed E-state index contributed by atoms with van der Waals surface area (Å²) in [6.07, 6.45) is 3.19. The van der Waals surface area contributed by atoms with Gasteiger partial charge in [0.05, 0.1) is 7.11 Å². The number of ether oxygens (including phenoxy) is 1. The summed E-state index contributed by atoms with van der Waals surface area (Å²) in [6, 6.07) is 0.539. The summed E-state index contributed by atoms with van der Waals surface area (Å²) < 4.78 is 7.50. The summed E-state index contributed by atoms with van der Waals surface area (Å²) in [4.78, 5) is 18.5. The van der Waals surface area contributed by atoms with E-state index in [1.54, 1.807) is 7.11 Å². The molecule has 3 N–H and O–H groups in total. The number of aromatic nitrogens is 4. The van der Waals surface area contributed by atoms with Crippen LogP contribution in [0.25, 0.3) is 11.2 Å². The van der Waals surface area contributed by atoms with Crippen LogP contribution in [0.5, 0.6) is 6.01 Å². The van der Waals surface area contributed by atoms with Crippen LogP contribution in [0.2, 0.25) is 0 Å². The van der Waals surface area contributed by atoms with Gasteiger partial charge in [-0.2, -0.15) is 15.0 Å². The second-order valence-corrected chi connectivity index (χ2v) is 7.26. The maximum atomic E-state index is 6.13. The van der Waals surface area contributed by atoms with Gasteiger partial charge in [-0.25, -0.2) is 0 Å². The molecule has 9 nitrogen and oxygen atoms in total. The largest absolute Gasteiger partial charge is 0.468 e. The first-order valence-corrected chi connectivity index (χ1v) is 10.4. The number of nitrogens with one attached hydrogen (secondary N) is 1. The standard InChI is InChI=1S/C19H34N8O/c1-4-6-8-21-18-23-16(20)15-17(24-18)27(19(22-15)28-3)10-7-9-26-13-11-25(5-2)12-14-26/h4-14H2,1-3H3,(H3,20,21,23,24). The van der Waals surface area contributed by atoms with Crippen molar-refractivity contribution in [1.29, 1.82) is 0 Å². The van der Waals surface area contributed by atoms with Crippen LogP contribution >= 0.6 is 0 Å². The van der Waals surface area contributed by atoms with Gasteiger partial charge in [0.25, 0.3) is 6.01 Å². The molecule has 3 rings (SSSR count). The normalized spacial score (nSPS) is 16.0. The number of rotatable bonds is 10. The first kappa shape index (κ1) is 20.6. The summed E-state index contributed by atoms with van der Waals surface area (Å²) in [5, 5.41) is 3.25. The monoisotopic (exact) mass is 390 g/mol. The smallest absolute Gasteiger partial charge is 0.298 e. The Balaban J connectivity index is 1.68. The number of hydrogen-bond donors (Lipinski definition) is 2. The topological polar surface area (TPSA) is 97.4 Å². The molecule has 9 heteroatoms. The number of anilines is 2. The third-order valence-corrected chi connectivity index (χ3v) is 5.35. The molecule has 0 unspecified atom stereocenters. The average molecular weight is 391 g/mol. The Hall–Kier alpha value is -2.13. The number of hydrogen-bond acceptors (Lipinski definition) is 8. The molecule has 1 aliphatic rings. The minimum atomic E-state index is 0.386. The predicted octanol–water partition coefficient (Wildman–Crippen LogP) is 1.66. The van der Waals surface area contributed by atoms with Crippen LogP contribution in [0.15, 0.2) is 0 Å². The van der Waals surface area contributed by atoms with E-state index >= 15 is 0 Å². The molecule has 2 aromatic heterocycles. The van der Waals surface area contributed by atoms with Gasteiger partial charge in [0.2, 0.25) is 5.95 Å². The number of unbranched alkanes of at least 4 members (excludes halogenated alkanes) is 1. The van der Waals surface area contributed by atoms with Crippen molar-refractivity contribution < 1.29 is 4.74 Å². The van der Waals surface area contributed by atoms with Gasteiger partial charge < -0.3 is 25.6 Å². The summed E-state index contributed by atoms with van der Waals surface area (Å²) in [5.41, 5.74) is 7.48. The van der Waals surface area contributed by atoms with Crippen molar-refractivity contribution in [3.8, 4) is 6.01 Å². The van der Waals surface area contributed by atoms with E-state index < -0.39 is 0 Å². The Morgan fingerprint density at radius 2 is 1.75 bits per heavy atom. The first-order chi connectivity index (χ1) is 13.7. The van der Waals surface area contributed by atoms with Gasteiger partial charge in [-0.15, -0.1) is 0 Å².